The normalized spacial score (nSPS) is 13.6. The van der Waals surface area contributed by atoms with Crippen LogP contribution in [-0.4, -0.2) is 28.7 Å². The number of anilines is 1. The summed E-state index contributed by atoms with van der Waals surface area (Å²) in [5.74, 6) is 0.786. The van der Waals surface area contributed by atoms with Gasteiger partial charge in [-0.05, 0) is 72.4 Å². The van der Waals surface area contributed by atoms with Gasteiger partial charge in [-0.15, -0.1) is 0 Å². The van der Waals surface area contributed by atoms with Gasteiger partial charge in [0.1, 0.15) is 12.1 Å². The van der Waals surface area contributed by atoms with Gasteiger partial charge in [-0.25, -0.2) is 18.4 Å². The number of rotatable bonds is 9. The molecule has 39 heavy (non-hydrogen) atoms. The van der Waals surface area contributed by atoms with E-state index in [4.69, 9.17) is 0 Å². The van der Waals surface area contributed by atoms with E-state index < -0.39 is 10.0 Å². The van der Waals surface area contributed by atoms with E-state index >= 15 is 0 Å². The van der Waals surface area contributed by atoms with Gasteiger partial charge in [0, 0.05) is 24.5 Å². The number of sulfonamides is 1. The lowest BCUT2D eigenvalue weighted by Crippen LogP contribution is -2.32. The maximum atomic E-state index is 13.4. The number of benzene rings is 4. The first-order valence-electron chi connectivity index (χ1n) is 13.2. The Balaban J connectivity index is 1.28. The van der Waals surface area contributed by atoms with E-state index in [1.807, 2.05) is 24.3 Å². The van der Waals surface area contributed by atoms with Crippen molar-refractivity contribution in [2.75, 3.05) is 5.32 Å². The van der Waals surface area contributed by atoms with Crippen molar-refractivity contribution in [2.24, 2.45) is 0 Å². The molecular weight excluding hydrogens is 504 g/mol. The number of nitrogens with one attached hydrogen (secondary N) is 1. The van der Waals surface area contributed by atoms with Crippen molar-refractivity contribution < 1.29 is 8.42 Å². The van der Waals surface area contributed by atoms with Crippen molar-refractivity contribution in [1.82, 2.24) is 14.3 Å². The Bertz CT molecular complexity index is 1730. The molecule has 0 amide bonds. The molecule has 1 heterocycles. The molecule has 0 bridgehead atoms. The highest BCUT2D eigenvalue weighted by atomic mass is 32.2. The van der Waals surface area contributed by atoms with Crippen molar-refractivity contribution in [1.29, 1.82) is 0 Å². The van der Waals surface area contributed by atoms with Crippen LogP contribution in [-0.2, 0) is 23.1 Å². The van der Waals surface area contributed by atoms with Crippen LogP contribution in [0.15, 0.2) is 108 Å². The van der Waals surface area contributed by atoms with Crippen LogP contribution >= 0.6 is 0 Å². The van der Waals surface area contributed by atoms with E-state index in [9.17, 15) is 8.42 Å². The number of nitrogens with zero attached hydrogens (tertiary/aromatic N) is 3. The number of fused-ring (bicyclic) bond motifs is 1. The second-order valence-electron chi connectivity index (χ2n) is 10.1. The zero-order valence-corrected chi connectivity index (χ0v) is 22.6. The van der Waals surface area contributed by atoms with Gasteiger partial charge in [0.2, 0.25) is 10.0 Å². The smallest absolute Gasteiger partial charge is 0.243 e. The van der Waals surface area contributed by atoms with E-state index in [2.05, 4.69) is 70.7 Å². The fraction of sp³-hybridized carbons (Fsp3) is 0.188. The molecule has 1 saturated carbocycles. The second kappa shape index (κ2) is 10.6. The summed E-state index contributed by atoms with van der Waals surface area (Å²) in [6, 6.07) is 31.5. The minimum atomic E-state index is -3.57. The summed E-state index contributed by atoms with van der Waals surface area (Å²) in [4.78, 5) is 9.32. The average Bonchev–Trinajstić information content (AvgIpc) is 3.80. The molecule has 1 fully saturated rings. The summed E-state index contributed by atoms with van der Waals surface area (Å²) >= 11 is 0. The minimum Gasteiger partial charge on any atom is -0.365 e. The fourth-order valence-corrected chi connectivity index (χ4v) is 6.61. The van der Waals surface area contributed by atoms with Crippen molar-refractivity contribution in [3.63, 3.8) is 0 Å². The summed E-state index contributed by atoms with van der Waals surface area (Å²) in [5, 5.41) is 4.42. The van der Waals surface area contributed by atoms with Gasteiger partial charge < -0.3 is 5.32 Å². The lowest BCUT2D eigenvalue weighted by Gasteiger charge is -2.22. The Hall–Kier alpha value is -4.07. The Labute approximate surface area is 229 Å². The molecule has 0 unspecified atom stereocenters. The molecule has 1 aliphatic carbocycles. The molecule has 0 aliphatic heterocycles. The largest absolute Gasteiger partial charge is 0.365 e. The molecule has 0 radical (unpaired) electrons. The number of aromatic nitrogens is 2. The summed E-state index contributed by atoms with van der Waals surface area (Å²) in [7, 11) is -3.57. The Kier molecular flexibility index (Phi) is 6.85. The molecule has 0 saturated heterocycles. The summed E-state index contributed by atoms with van der Waals surface area (Å²) in [5.41, 5.74) is 6.29. The third kappa shape index (κ3) is 5.55. The Morgan fingerprint density at radius 1 is 0.821 bits per heavy atom. The number of hydrogen-bond donors (Lipinski definition) is 1. The first-order chi connectivity index (χ1) is 19.0. The van der Waals surface area contributed by atoms with Gasteiger partial charge in [0.25, 0.3) is 0 Å². The van der Waals surface area contributed by atoms with Gasteiger partial charge in [0.15, 0.2) is 0 Å². The lowest BCUT2D eigenvalue weighted by atomic mass is 10.0. The molecule has 6 rings (SSSR count). The predicted molar refractivity (Wildman–Crippen MR) is 156 cm³/mol. The maximum Gasteiger partial charge on any atom is 0.243 e. The van der Waals surface area contributed by atoms with Crippen molar-refractivity contribution in [3.05, 3.63) is 120 Å². The minimum absolute atomic E-state index is 0.0544. The van der Waals surface area contributed by atoms with Crippen molar-refractivity contribution in [2.45, 2.75) is 43.8 Å². The quantitative estimate of drug-likeness (QED) is 0.231. The average molecular weight is 535 g/mol. The molecular formula is C32H30N4O2S. The highest BCUT2D eigenvalue weighted by molar-refractivity contribution is 7.89. The van der Waals surface area contributed by atoms with E-state index in [0.29, 0.717) is 18.0 Å². The van der Waals surface area contributed by atoms with Crippen LogP contribution in [0, 0.1) is 6.92 Å². The molecule has 1 N–H and O–H groups in total. The Morgan fingerprint density at radius 3 is 2.38 bits per heavy atom. The standard InChI is InChI=1S/C32H30N4O2S/c1-23-7-5-8-24(17-23)20-33-32-30-19-27(13-16-31(30)34-22-35-32)26-10-6-9-25(18-26)21-36(28-14-15-28)39(37,38)29-11-3-2-4-12-29/h2-13,16-19,22,28H,14-15,20-21H2,1H3,(H,33,34,35). The monoisotopic (exact) mass is 534 g/mol. The van der Waals surface area contributed by atoms with E-state index in [1.165, 1.54) is 11.1 Å². The van der Waals surface area contributed by atoms with Gasteiger partial charge in [-0.1, -0.05) is 72.3 Å². The van der Waals surface area contributed by atoms with Crippen LogP contribution in [0.25, 0.3) is 22.0 Å². The van der Waals surface area contributed by atoms with E-state index in [0.717, 1.165) is 46.3 Å². The molecule has 1 aliphatic rings. The SMILES string of the molecule is Cc1cccc(CNc2ncnc3ccc(-c4cccc(CN(C5CC5)S(=O)(=O)c5ccccc5)c4)cc23)c1. The second-order valence-corrected chi connectivity index (χ2v) is 12.0. The summed E-state index contributed by atoms with van der Waals surface area (Å²) in [6.07, 6.45) is 3.38. The fourth-order valence-electron chi connectivity index (χ4n) is 4.91. The van der Waals surface area contributed by atoms with Crippen LogP contribution in [0.2, 0.25) is 0 Å². The van der Waals surface area contributed by atoms with E-state index in [1.54, 1.807) is 34.9 Å². The van der Waals surface area contributed by atoms with Gasteiger partial charge in [-0.2, -0.15) is 4.31 Å². The Morgan fingerprint density at radius 2 is 1.59 bits per heavy atom. The molecule has 7 heteroatoms. The van der Waals surface area contributed by atoms with Crippen molar-refractivity contribution >= 4 is 26.7 Å². The molecule has 5 aromatic rings. The highest BCUT2D eigenvalue weighted by Crippen LogP contribution is 2.34. The van der Waals surface area contributed by atoms with E-state index in [-0.39, 0.29) is 6.04 Å². The van der Waals surface area contributed by atoms with Gasteiger partial charge in [0.05, 0.1) is 10.4 Å². The first-order valence-corrected chi connectivity index (χ1v) is 14.6. The van der Waals surface area contributed by atoms with Crippen LogP contribution < -0.4 is 5.32 Å². The summed E-state index contributed by atoms with van der Waals surface area (Å²) < 4.78 is 28.5. The molecule has 6 nitrogen and oxygen atoms in total. The molecule has 0 spiro atoms. The van der Waals surface area contributed by atoms with Crippen LogP contribution in [0.1, 0.15) is 29.5 Å². The zero-order chi connectivity index (χ0) is 26.8. The zero-order valence-electron chi connectivity index (χ0n) is 21.8. The molecule has 196 valence electrons. The van der Waals surface area contributed by atoms with Crippen LogP contribution in [0.4, 0.5) is 5.82 Å². The highest BCUT2D eigenvalue weighted by Gasteiger charge is 2.38. The van der Waals surface area contributed by atoms with Crippen LogP contribution in [0.5, 0.6) is 0 Å². The first kappa shape index (κ1) is 25.2. The topological polar surface area (TPSA) is 75.2 Å². The number of hydrogen-bond acceptors (Lipinski definition) is 5. The van der Waals surface area contributed by atoms with Gasteiger partial charge >= 0.3 is 0 Å². The summed E-state index contributed by atoms with van der Waals surface area (Å²) in [6.45, 7) is 3.10. The molecule has 1 aromatic heterocycles. The predicted octanol–water partition coefficient (Wildman–Crippen LogP) is 6.57. The van der Waals surface area contributed by atoms with Crippen LogP contribution in [0.3, 0.4) is 0 Å². The van der Waals surface area contributed by atoms with Crippen molar-refractivity contribution in [3.8, 4) is 11.1 Å². The van der Waals surface area contributed by atoms with Gasteiger partial charge in [-0.3, -0.25) is 0 Å². The molecule has 4 aromatic carbocycles. The number of aryl methyl sites for hydroxylation is 1. The molecule has 0 atom stereocenters. The third-order valence-corrected chi connectivity index (χ3v) is 8.99. The lowest BCUT2D eigenvalue weighted by molar-refractivity contribution is 0.398. The third-order valence-electron chi connectivity index (χ3n) is 7.08. The maximum absolute atomic E-state index is 13.4.